The number of aromatic carboxylic acids is 1. The second-order valence-corrected chi connectivity index (χ2v) is 4.64. The number of carboxylic acids is 1. The van der Waals surface area contributed by atoms with Gasteiger partial charge in [-0.1, -0.05) is 49.4 Å². The largest absolute Gasteiger partial charge is 0.478 e. The van der Waals surface area contributed by atoms with Gasteiger partial charge in [0.25, 0.3) is 0 Å². The van der Waals surface area contributed by atoms with Crippen LogP contribution in [-0.2, 0) is 19.3 Å². The van der Waals surface area contributed by atoms with E-state index in [1.807, 2.05) is 12.1 Å². The van der Waals surface area contributed by atoms with Crippen LogP contribution >= 0.6 is 0 Å². The van der Waals surface area contributed by atoms with Crippen LogP contribution < -0.4 is 0 Å². The van der Waals surface area contributed by atoms with Crippen molar-refractivity contribution in [3.05, 3.63) is 70.8 Å². The summed E-state index contributed by atoms with van der Waals surface area (Å²) in [6.45, 7) is 2.14. The minimum Gasteiger partial charge on any atom is -0.478 e. The first-order valence-electron chi connectivity index (χ1n) is 6.59. The van der Waals surface area contributed by atoms with Crippen LogP contribution in [0.1, 0.15) is 34.0 Å². The Balaban J connectivity index is 2.12. The average Bonchev–Trinajstić information content (AvgIpc) is 2.45. The van der Waals surface area contributed by atoms with Crippen molar-refractivity contribution in [2.45, 2.75) is 26.2 Å². The first-order chi connectivity index (χ1) is 9.20. The zero-order chi connectivity index (χ0) is 13.7. The van der Waals surface area contributed by atoms with Crippen molar-refractivity contribution in [1.82, 2.24) is 0 Å². The first-order valence-corrected chi connectivity index (χ1v) is 6.59. The SMILES string of the molecule is CCc1cccc(CCc2ccccc2C(=O)O)c1. The second-order valence-electron chi connectivity index (χ2n) is 4.64. The maximum absolute atomic E-state index is 11.1. The van der Waals surface area contributed by atoms with Gasteiger partial charge >= 0.3 is 5.97 Å². The van der Waals surface area contributed by atoms with Crippen molar-refractivity contribution in [3.8, 4) is 0 Å². The zero-order valence-electron chi connectivity index (χ0n) is 11.1. The van der Waals surface area contributed by atoms with Crippen LogP contribution in [0.2, 0.25) is 0 Å². The molecule has 1 N–H and O–H groups in total. The highest BCUT2D eigenvalue weighted by Gasteiger charge is 2.08. The zero-order valence-corrected chi connectivity index (χ0v) is 11.1. The van der Waals surface area contributed by atoms with E-state index in [2.05, 4.69) is 31.2 Å². The molecule has 2 rings (SSSR count). The lowest BCUT2D eigenvalue weighted by molar-refractivity contribution is 0.0695. The van der Waals surface area contributed by atoms with E-state index >= 15 is 0 Å². The predicted molar refractivity (Wildman–Crippen MR) is 76.6 cm³/mol. The van der Waals surface area contributed by atoms with Gasteiger partial charge in [-0.3, -0.25) is 0 Å². The molecule has 0 amide bonds. The Morgan fingerprint density at radius 2 is 1.74 bits per heavy atom. The molecular weight excluding hydrogens is 236 g/mol. The van der Waals surface area contributed by atoms with Crippen LogP contribution in [0.4, 0.5) is 0 Å². The Kier molecular flexibility index (Phi) is 4.35. The van der Waals surface area contributed by atoms with E-state index in [-0.39, 0.29) is 0 Å². The quantitative estimate of drug-likeness (QED) is 0.882. The fraction of sp³-hybridized carbons (Fsp3) is 0.235. The molecule has 0 saturated carbocycles. The third kappa shape index (κ3) is 3.44. The minimum atomic E-state index is -0.849. The van der Waals surface area contributed by atoms with Crippen molar-refractivity contribution in [1.29, 1.82) is 0 Å². The summed E-state index contributed by atoms with van der Waals surface area (Å²) in [6.07, 6.45) is 2.66. The fourth-order valence-corrected chi connectivity index (χ4v) is 2.23. The standard InChI is InChI=1S/C17H18O2/c1-2-13-6-5-7-14(12-13)10-11-15-8-3-4-9-16(15)17(18)19/h3-9,12H,2,10-11H2,1H3,(H,18,19). The summed E-state index contributed by atoms with van der Waals surface area (Å²) in [5, 5.41) is 9.15. The molecular formula is C17H18O2. The van der Waals surface area contributed by atoms with Crippen LogP contribution in [0.5, 0.6) is 0 Å². The van der Waals surface area contributed by atoms with Gasteiger partial charge in [0.1, 0.15) is 0 Å². The van der Waals surface area contributed by atoms with Crippen LogP contribution in [0.15, 0.2) is 48.5 Å². The lowest BCUT2D eigenvalue weighted by Gasteiger charge is -2.07. The van der Waals surface area contributed by atoms with E-state index in [4.69, 9.17) is 5.11 Å². The Morgan fingerprint density at radius 3 is 2.47 bits per heavy atom. The second kappa shape index (κ2) is 6.19. The molecule has 0 radical (unpaired) electrons. The van der Waals surface area contributed by atoms with Crippen molar-refractivity contribution in [2.24, 2.45) is 0 Å². The summed E-state index contributed by atoms with van der Waals surface area (Å²) in [5.74, 6) is -0.849. The molecule has 0 aliphatic carbocycles. The number of hydrogen-bond acceptors (Lipinski definition) is 1. The highest BCUT2D eigenvalue weighted by molar-refractivity contribution is 5.89. The van der Waals surface area contributed by atoms with Gasteiger partial charge in [-0.2, -0.15) is 0 Å². The van der Waals surface area contributed by atoms with Crippen LogP contribution in [0.25, 0.3) is 0 Å². The van der Waals surface area contributed by atoms with Gasteiger partial charge in [0.2, 0.25) is 0 Å². The molecule has 2 aromatic carbocycles. The summed E-state index contributed by atoms with van der Waals surface area (Å²) in [4.78, 5) is 11.1. The Labute approximate surface area is 113 Å². The average molecular weight is 254 g/mol. The van der Waals surface area contributed by atoms with E-state index in [9.17, 15) is 4.79 Å². The molecule has 0 aromatic heterocycles. The third-order valence-corrected chi connectivity index (χ3v) is 3.33. The van der Waals surface area contributed by atoms with Crippen LogP contribution in [0, 0.1) is 0 Å². The van der Waals surface area contributed by atoms with E-state index in [0.29, 0.717) is 5.56 Å². The van der Waals surface area contributed by atoms with Gasteiger partial charge in [-0.25, -0.2) is 4.79 Å². The maximum atomic E-state index is 11.1. The summed E-state index contributed by atoms with van der Waals surface area (Å²) in [6, 6.07) is 15.7. The van der Waals surface area contributed by atoms with Crippen molar-refractivity contribution in [3.63, 3.8) is 0 Å². The molecule has 2 nitrogen and oxygen atoms in total. The summed E-state index contributed by atoms with van der Waals surface area (Å²) >= 11 is 0. The maximum Gasteiger partial charge on any atom is 0.335 e. The molecule has 0 heterocycles. The number of carboxylic acid groups (broad SMARTS) is 1. The first kappa shape index (κ1) is 13.3. The van der Waals surface area contributed by atoms with Crippen molar-refractivity contribution in [2.75, 3.05) is 0 Å². The summed E-state index contributed by atoms with van der Waals surface area (Å²) in [5.41, 5.74) is 3.90. The highest BCUT2D eigenvalue weighted by Crippen LogP contribution is 2.14. The molecule has 0 aliphatic rings. The molecule has 0 bridgehead atoms. The summed E-state index contributed by atoms with van der Waals surface area (Å²) in [7, 11) is 0. The van der Waals surface area contributed by atoms with Gasteiger partial charge in [0.15, 0.2) is 0 Å². The molecule has 2 aromatic rings. The molecule has 0 unspecified atom stereocenters. The number of carbonyl (C=O) groups is 1. The van der Waals surface area contributed by atoms with Gasteiger partial charge in [0.05, 0.1) is 5.56 Å². The van der Waals surface area contributed by atoms with Crippen LogP contribution in [0.3, 0.4) is 0 Å². The van der Waals surface area contributed by atoms with E-state index < -0.39 is 5.97 Å². The molecule has 0 aliphatic heterocycles. The van der Waals surface area contributed by atoms with E-state index in [0.717, 1.165) is 24.8 Å². The topological polar surface area (TPSA) is 37.3 Å². The Bertz CT molecular complexity index is 573. The fourth-order valence-electron chi connectivity index (χ4n) is 2.23. The Hall–Kier alpha value is -2.09. The summed E-state index contributed by atoms with van der Waals surface area (Å²) < 4.78 is 0. The van der Waals surface area contributed by atoms with Gasteiger partial charge in [-0.15, -0.1) is 0 Å². The monoisotopic (exact) mass is 254 g/mol. The number of benzene rings is 2. The molecule has 19 heavy (non-hydrogen) atoms. The predicted octanol–water partition coefficient (Wildman–Crippen LogP) is 3.73. The lowest BCUT2D eigenvalue weighted by atomic mass is 9.98. The van der Waals surface area contributed by atoms with Crippen molar-refractivity contribution >= 4 is 5.97 Å². The van der Waals surface area contributed by atoms with E-state index in [1.54, 1.807) is 12.1 Å². The molecule has 98 valence electrons. The number of hydrogen-bond donors (Lipinski definition) is 1. The van der Waals surface area contributed by atoms with Crippen molar-refractivity contribution < 1.29 is 9.90 Å². The van der Waals surface area contributed by atoms with E-state index in [1.165, 1.54) is 11.1 Å². The number of aryl methyl sites for hydroxylation is 3. The Morgan fingerprint density at radius 1 is 1.00 bits per heavy atom. The lowest BCUT2D eigenvalue weighted by Crippen LogP contribution is -2.03. The molecule has 0 fully saturated rings. The van der Waals surface area contributed by atoms with Crippen LogP contribution in [-0.4, -0.2) is 11.1 Å². The smallest absolute Gasteiger partial charge is 0.335 e. The molecule has 2 heteroatoms. The van der Waals surface area contributed by atoms with Gasteiger partial charge < -0.3 is 5.11 Å². The normalized spacial score (nSPS) is 10.4. The third-order valence-electron chi connectivity index (χ3n) is 3.33. The highest BCUT2D eigenvalue weighted by atomic mass is 16.4. The molecule has 0 atom stereocenters. The molecule has 0 spiro atoms. The van der Waals surface area contributed by atoms with Gasteiger partial charge in [0, 0.05) is 0 Å². The number of rotatable bonds is 5. The van der Waals surface area contributed by atoms with Gasteiger partial charge in [-0.05, 0) is 42.0 Å². The minimum absolute atomic E-state index is 0.411. The molecule has 0 saturated heterocycles.